The molecule has 0 aromatic heterocycles. The van der Waals surface area contributed by atoms with Crippen LogP contribution < -0.4 is 4.74 Å². The lowest BCUT2D eigenvalue weighted by Gasteiger charge is -2.18. The highest BCUT2D eigenvalue weighted by Gasteiger charge is 2.09. The summed E-state index contributed by atoms with van der Waals surface area (Å²) in [4.78, 5) is 2.30. The van der Waals surface area contributed by atoms with E-state index in [0.29, 0.717) is 5.92 Å². The second kappa shape index (κ2) is 7.65. The average molecular weight is 270 g/mol. The molecule has 1 rings (SSSR count). The Hall–Kier alpha value is -0.730. The summed E-state index contributed by atoms with van der Waals surface area (Å²) in [6.45, 7) is 6.38. The Morgan fingerprint density at radius 3 is 2.61 bits per heavy atom. The van der Waals surface area contributed by atoms with Gasteiger partial charge in [0.25, 0.3) is 0 Å². The number of hydrogen-bond donors (Lipinski definition) is 0. The minimum Gasteiger partial charge on any atom is -0.496 e. The van der Waals surface area contributed by atoms with E-state index in [9.17, 15) is 0 Å². The predicted molar refractivity (Wildman–Crippen MR) is 78.8 cm³/mol. The van der Waals surface area contributed by atoms with Crippen LogP contribution in [0.15, 0.2) is 18.2 Å². The van der Waals surface area contributed by atoms with Crippen LogP contribution in [-0.2, 0) is 6.54 Å². The molecule has 0 N–H and O–H groups in total. The standard InChI is InChI=1S/C15H24ClNO/c1-12(2)14-10-13(6-7-15(14)18-4)11-17(3)9-5-8-16/h6-7,10,12H,5,8-9,11H2,1-4H3. The van der Waals surface area contributed by atoms with Crippen LogP contribution in [0, 0.1) is 0 Å². The van der Waals surface area contributed by atoms with Gasteiger partial charge in [0.05, 0.1) is 7.11 Å². The molecule has 0 bridgehead atoms. The molecular formula is C15H24ClNO. The van der Waals surface area contributed by atoms with Crippen molar-refractivity contribution in [2.45, 2.75) is 32.7 Å². The average Bonchev–Trinajstić information content (AvgIpc) is 2.36. The Balaban J connectivity index is 2.75. The van der Waals surface area contributed by atoms with Crippen LogP contribution >= 0.6 is 11.6 Å². The van der Waals surface area contributed by atoms with Crippen LogP contribution in [0.5, 0.6) is 5.75 Å². The number of ether oxygens (including phenoxy) is 1. The summed E-state index contributed by atoms with van der Waals surface area (Å²) in [6.07, 6.45) is 1.03. The fourth-order valence-corrected chi connectivity index (χ4v) is 2.17. The molecule has 0 saturated carbocycles. The zero-order valence-electron chi connectivity index (χ0n) is 11.9. The molecule has 0 amide bonds. The minimum atomic E-state index is 0.480. The Bertz CT molecular complexity index is 366. The van der Waals surface area contributed by atoms with Gasteiger partial charge in [0.15, 0.2) is 0 Å². The highest BCUT2D eigenvalue weighted by Crippen LogP contribution is 2.27. The molecule has 0 fully saturated rings. The normalized spacial score (nSPS) is 11.3. The third kappa shape index (κ3) is 4.51. The molecule has 0 aliphatic heterocycles. The fraction of sp³-hybridized carbons (Fsp3) is 0.600. The zero-order chi connectivity index (χ0) is 13.5. The molecule has 3 heteroatoms. The number of rotatable bonds is 7. The van der Waals surface area contributed by atoms with Crippen molar-refractivity contribution in [3.63, 3.8) is 0 Å². The van der Waals surface area contributed by atoms with Crippen LogP contribution in [0.3, 0.4) is 0 Å². The molecule has 0 unspecified atom stereocenters. The van der Waals surface area contributed by atoms with Gasteiger partial charge in [-0.2, -0.15) is 0 Å². The molecule has 1 aromatic rings. The summed E-state index contributed by atoms with van der Waals surface area (Å²) in [6, 6.07) is 6.46. The van der Waals surface area contributed by atoms with E-state index in [4.69, 9.17) is 16.3 Å². The van der Waals surface area contributed by atoms with Crippen LogP contribution in [0.4, 0.5) is 0 Å². The summed E-state index contributed by atoms with van der Waals surface area (Å²) in [7, 11) is 3.86. The maximum atomic E-state index is 5.71. The molecule has 1 aromatic carbocycles. The molecule has 18 heavy (non-hydrogen) atoms. The molecule has 2 nitrogen and oxygen atoms in total. The van der Waals surface area contributed by atoms with Crippen molar-refractivity contribution >= 4 is 11.6 Å². The van der Waals surface area contributed by atoms with Crippen LogP contribution in [0.2, 0.25) is 0 Å². The Morgan fingerprint density at radius 1 is 1.33 bits per heavy atom. The number of methoxy groups -OCH3 is 1. The summed E-state index contributed by atoms with van der Waals surface area (Å²) in [5.74, 6) is 2.19. The lowest BCUT2D eigenvalue weighted by Crippen LogP contribution is -2.19. The van der Waals surface area contributed by atoms with Gasteiger partial charge < -0.3 is 9.64 Å². The van der Waals surface area contributed by atoms with Gasteiger partial charge >= 0.3 is 0 Å². The van der Waals surface area contributed by atoms with Crippen molar-refractivity contribution in [2.75, 3.05) is 26.6 Å². The third-order valence-corrected chi connectivity index (χ3v) is 3.31. The molecule has 0 heterocycles. The van der Waals surface area contributed by atoms with Crippen LogP contribution in [-0.4, -0.2) is 31.5 Å². The van der Waals surface area contributed by atoms with E-state index in [1.165, 1.54) is 11.1 Å². The van der Waals surface area contributed by atoms with Gasteiger partial charge in [0, 0.05) is 12.4 Å². The Morgan fingerprint density at radius 2 is 2.06 bits per heavy atom. The summed E-state index contributed by atoms with van der Waals surface area (Å²) >= 11 is 5.71. The molecular weight excluding hydrogens is 246 g/mol. The van der Waals surface area contributed by atoms with E-state index in [0.717, 1.165) is 31.1 Å². The van der Waals surface area contributed by atoms with Crippen molar-refractivity contribution in [1.82, 2.24) is 4.90 Å². The van der Waals surface area contributed by atoms with E-state index in [1.807, 2.05) is 0 Å². The third-order valence-electron chi connectivity index (χ3n) is 3.04. The SMILES string of the molecule is COc1ccc(CN(C)CCCCl)cc1C(C)C. The number of alkyl halides is 1. The second-order valence-electron chi connectivity index (χ2n) is 5.01. The van der Waals surface area contributed by atoms with Gasteiger partial charge in [-0.1, -0.05) is 26.0 Å². The Labute approximate surface area is 116 Å². The van der Waals surface area contributed by atoms with Crippen LogP contribution in [0.1, 0.15) is 37.3 Å². The van der Waals surface area contributed by atoms with Gasteiger partial charge in [-0.3, -0.25) is 0 Å². The first-order valence-corrected chi connectivity index (χ1v) is 7.03. The maximum Gasteiger partial charge on any atom is 0.122 e. The van der Waals surface area contributed by atoms with Gasteiger partial charge in [-0.05, 0) is 43.1 Å². The zero-order valence-corrected chi connectivity index (χ0v) is 12.6. The monoisotopic (exact) mass is 269 g/mol. The van der Waals surface area contributed by atoms with Crippen LogP contribution in [0.25, 0.3) is 0 Å². The summed E-state index contributed by atoms with van der Waals surface area (Å²) in [5.41, 5.74) is 2.61. The van der Waals surface area contributed by atoms with Gasteiger partial charge in [0.2, 0.25) is 0 Å². The molecule has 0 spiro atoms. The number of benzene rings is 1. The minimum absolute atomic E-state index is 0.480. The van der Waals surface area contributed by atoms with Gasteiger partial charge in [0.1, 0.15) is 5.75 Å². The smallest absolute Gasteiger partial charge is 0.122 e. The van der Waals surface area contributed by atoms with Crippen molar-refractivity contribution in [2.24, 2.45) is 0 Å². The molecule has 0 aliphatic rings. The summed E-state index contributed by atoms with van der Waals surface area (Å²) < 4.78 is 5.40. The molecule has 102 valence electrons. The molecule has 0 radical (unpaired) electrons. The maximum absolute atomic E-state index is 5.71. The number of halogens is 1. The first-order valence-electron chi connectivity index (χ1n) is 6.49. The lowest BCUT2D eigenvalue weighted by molar-refractivity contribution is 0.327. The molecule has 0 saturated heterocycles. The predicted octanol–water partition coefficient (Wildman–Crippen LogP) is 3.88. The first-order chi connectivity index (χ1) is 8.58. The molecule has 0 atom stereocenters. The van der Waals surface area contributed by atoms with Crippen molar-refractivity contribution in [3.8, 4) is 5.75 Å². The highest BCUT2D eigenvalue weighted by molar-refractivity contribution is 6.17. The number of hydrogen-bond acceptors (Lipinski definition) is 2. The largest absolute Gasteiger partial charge is 0.496 e. The van der Waals surface area contributed by atoms with E-state index >= 15 is 0 Å². The first kappa shape index (κ1) is 15.3. The van der Waals surface area contributed by atoms with E-state index in [1.54, 1.807) is 7.11 Å². The summed E-state index contributed by atoms with van der Waals surface area (Å²) in [5, 5.41) is 0. The fourth-order valence-electron chi connectivity index (χ4n) is 2.05. The van der Waals surface area contributed by atoms with E-state index in [-0.39, 0.29) is 0 Å². The number of nitrogens with zero attached hydrogens (tertiary/aromatic N) is 1. The van der Waals surface area contributed by atoms with E-state index < -0.39 is 0 Å². The molecule has 0 aliphatic carbocycles. The lowest BCUT2D eigenvalue weighted by atomic mass is 9.99. The van der Waals surface area contributed by atoms with Gasteiger partial charge in [-0.25, -0.2) is 0 Å². The Kier molecular flexibility index (Phi) is 6.51. The van der Waals surface area contributed by atoms with Crippen molar-refractivity contribution < 1.29 is 4.74 Å². The quantitative estimate of drug-likeness (QED) is 0.697. The van der Waals surface area contributed by atoms with E-state index in [2.05, 4.69) is 44.0 Å². The highest BCUT2D eigenvalue weighted by atomic mass is 35.5. The van der Waals surface area contributed by atoms with Crippen molar-refractivity contribution in [3.05, 3.63) is 29.3 Å². The van der Waals surface area contributed by atoms with Crippen molar-refractivity contribution in [1.29, 1.82) is 0 Å². The van der Waals surface area contributed by atoms with Gasteiger partial charge in [-0.15, -0.1) is 11.6 Å². The second-order valence-corrected chi connectivity index (χ2v) is 5.39. The topological polar surface area (TPSA) is 12.5 Å².